The summed E-state index contributed by atoms with van der Waals surface area (Å²) in [6.07, 6.45) is 1.50. The Labute approximate surface area is 164 Å². The normalized spacial score (nSPS) is 17.2. The second-order valence-corrected chi connectivity index (χ2v) is 9.50. The average molecular weight is 394 g/mol. The van der Waals surface area contributed by atoms with Crippen LogP contribution in [0.5, 0.6) is 5.75 Å². The van der Waals surface area contributed by atoms with Gasteiger partial charge in [-0.25, -0.2) is 8.42 Å². The number of rotatable bonds is 3. The van der Waals surface area contributed by atoms with Crippen LogP contribution < -0.4 is 9.64 Å². The molecule has 0 spiro atoms. The third-order valence-electron chi connectivity index (χ3n) is 5.75. The lowest BCUT2D eigenvalue weighted by molar-refractivity contribution is 0.412. The number of ether oxygens (including phenoxy) is 1. The number of hydrogen-bond acceptors (Lipinski definition) is 4. The van der Waals surface area contributed by atoms with Gasteiger partial charge in [0.15, 0.2) is 9.84 Å². The highest BCUT2D eigenvalue weighted by atomic mass is 32.2. The number of aromatic nitrogens is 1. The van der Waals surface area contributed by atoms with Gasteiger partial charge in [-0.2, -0.15) is 0 Å². The molecule has 2 aliphatic rings. The van der Waals surface area contributed by atoms with Crippen LogP contribution in [0, 0.1) is 0 Å². The van der Waals surface area contributed by atoms with E-state index in [-0.39, 0.29) is 5.75 Å². The first-order valence-electron chi connectivity index (χ1n) is 9.50. The molecule has 0 saturated heterocycles. The van der Waals surface area contributed by atoms with Crippen molar-refractivity contribution in [3.05, 3.63) is 65.4 Å². The van der Waals surface area contributed by atoms with Crippen LogP contribution in [0.1, 0.15) is 16.8 Å². The number of aryl methyl sites for hydroxylation is 1. The first-order valence-corrected chi connectivity index (χ1v) is 11.2. The molecule has 6 heteroatoms. The molecule has 0 radical (unpaired) electrons. The molecule has 1 aromatic heterocycles. The Morgan fingerprint density at radius 3 is 2.64 bits per heavy atom. The van der Waals surface area contributed by atoms with Crippen molar-refractivity contribution in [3.63, 3.8) is 0 Å². The average Bonchev–Trinajstić information content (AvgIpc) is 3.27. The molecule has 3 heterocycles. The number of nitrogens with zero attached hydrogens (tertiary/aromatic N) is 1. The molecule has 5 rings (SSSR count). The Balaban J connectivity index is 1.49. The van der Waals surface area contributed by atoms with Crippen molar-refractivity contribution in [3.8, 4) is 17.0 Å². The fourth-order valence-electron chi connectivity index (χ4n) is 4.26. The number of methoxy groups -OCH3 is 1. The lowest BCUT2D eigenvalue weighted by atomic mass is 10.0. The number of anilines is 1. The van der Waals surface area contributed by atoms with Crippen molar-refractivity contribution < 1.29 is 13.2 Å². The zero-order valence-electron chi connectivity index (χ0n) is 15.7. The molecule has 1 N–H and O–H groups in total. The fraction of sp³-hybridized carbons (Fsp3) is 0.273. The molecule has 0 bridgehead atoms. The van der Waals surface area contributed by atoms with Crippen molar-refractivity contribution in [2.24, 2.45) is 0 Å². The first-order chi connectivity index (χ1) is 13.5. The molecule has 0 amide bonds. The van der Waals surface area contributed by atoms with Crippen molar-refractivity contribution in [1.82, 2.24) is 4.98 Å². The lowest BCUT2D eigenvalue weighted by Crippen LogP contribution is -2.30. The summed E-state index contributed by atoms with van der Waals surface area (Å²) in [7, 11) is -1.56. The zero-order chi connectivity index (χ0) is 19.3. The Morgan fingerprint density at radius 2 is 1.86 bits per heavy atom. The Hall–Kier alpha value is -2.73. The minimum atomic E-state index is -3.17. The van der Waals surface area contributed by atoms with Crippen molar-refractivity contribution in [2.75, 3.05) is 24.3 Å². The van der Waals surface area contributed by atoms with Gasteiger partial charge in [0.25, 0.3) is 0 Å². The summed E-state index contributed by atoms with van der Waals surface area (Å²) in [5.74, 6) is 0.823. The number of benzene rings is 2. The van der Waals surface area contributed by atoms with Gasteiger partial charge in [0.2, 0.25) is 0 Å². The molecular weight excluding hydrogens is 372 g/mol. The molecule has 0 fully saturated rings. The summed E-state index contributed by atoms with van der Waals surface area (Å²) in [5.41, 5.74) is 6.76. The van der Waals surface area contributed by atoms with Gasteiger partial charge in [-0.1, -0.05) is 30.3 Å². The Bertz CT molecular complexity index is 1150. The third-order valence-corrected chi connectivity index (χ3v) is 7.54. The van der Waals surface area contributed by atoms with E-state index in [1.807, 2.05) is 24.3 Å². The van der Waals surface area contributed by atoms with E-state index in [4.69, 9.17) is 4.74 Å². The maximum Gasteiger partial charge on any atom is 0.179 e. The summed E-state index contributed by atoms with van der Waals surface area (Å²) in [6, 6.07) is 16.3. The topological polar surface area (TPSA) is 62.4 Å². The minimum Gasteiger partial charge on any atom is -0.495 e. The highest BCUT2D eigenvalue weighted by molar-refractivity contribution is 7.91. The van der Waals surface area contributed by atoms with Crippen LogP contribution in [0.15, 0.2) is 53.4 Å². The van der Waals surface area contributed by atoms with E-state index in [2.05, 4.69) is 28.1 Å². The van der Waals surface area contributed by atoms with Crippen molar-refractivity contribution in [1.29, 1.82) is 0 Å². The van der Waals surface area contributed by atoms with E-state index >= 15 is 0 Å². The highest BCUT2D eigenvalue weighted by Crippen LogP contribution is 2.39. The van der Waals surface area contributed by atoms with E-state index in [1.165, 1.54) is 16.8 Å². The molecule has 144 valence electrons. The predicted octanol–water partition coefficient (Wildman–Crippen LogP) is 3.58. The predicted molar refractivity (Wildman–Crippen MR) is 110 cm³/mol. The fourth-order valence-corrected chi connectivity index (χ4v) is 5.81. The lowest BCUT2D eigenvalue weighted by Gasteiger charge is -2.30. The molecule has 0 unspecified atom stereocenters. The molecule has 2 aromatic carbocycles. The quantitative estimate of drug-likeness (QED) is 0.738. The summed E-state index contributed by atoms with van der Waals surface area (Å²) < 4.78 is 30.0. The summed E-state index contributed by atoms with van der Waals surface area (Å²) in [6.45, 7) is 1.64. The van der Waals surface area contributed by atoms with Gasteiger partial charge in [0.05, 0.1) is 23.4 Å². The van der Waals surface area contributed by atoms with Crippen LogP contribution in [0.4, 0.5) is 5.69 Å². The first kappa shape index (κ1) is 17.4. The van der Waals surface area contributed by atoms with Gasteiger partial charge in [-0.3, -0.25) is 0 Å². The Kier molecular flexibility index (Phi) is 3.98. The molecule has 0 aliphatic carbocycles. The largest absolute Gasteiger partial charge is 0.495 e. The van der Waals surface area contributed by atoms with E-state index in [9.17, 15) is 8.42 Å². The van der Waals surface area contributed by atoms with Gasteiger partial charge >= 0.3 is 0 Å². The number of fused-ring (bicyclic) bond motifs is 2. The van der Waals surface area contributed by atoms with E-state index in [0.29, 0.717) is 17.1 Å². The number of hydrogen-bond donors (Lipinski definition) is 1. The summed E-state index contributed by atoms with van der Waals surface area (Å²) >= 11 is 0. The molecule has 0 atom stereocenters. The smallest absolute Gasteiger partial charge is 0.179 e. The van der Waals surface area contributed by atoms with Gasteiger partial charge in [-0.05, 0) is 35.2 Å². The van der Waals surface area contributed by atoms with Gasteiger partial charge < -0.3 is 14.6 Å². The molecule has 5 nitrogen and oxygen atoms in total. The number of aromatic amines is 1. The van der Waals surface area contributed by atoms with Crippen LogP contribution in [0.25, 0.3) is 11.3 Å². The highest BCUT2D eigenvalue weighted by Gasteiger charge is 2.30. The Morgan fingerprint density at radius 1 is 1.04 bits per heavy atom. The van der Waals surface area contributed by atoms with Crippen LogP contribution in [-0.2, 0) is 29.2 Å². The van der Waals surface area contributed by atoms with Crippen LogP contribution >= 0.6 is 0 Å². The summed E-state index contributed by atoms with van der Waals surface area (Å²) in [4.78, 5) is 6.28. The van der Waals surface area contributed by atoms with Gasteiger partial charge in [-0.15, -0.1) is 0 Å². The minimum absolute atomic E-state index is 0.192. The van der Waals surface area contributed by atoms with Crippen LogP contribution in [-0.4, -0.2) is 32.8 Å². The van der Waals surface area contributed by atoms with Gasteiger partial charge in [0, 0.05) is 37.0 Å². The summed E-state index contributed by atoms with van der Waals surface area (Å²) in [5, 5.41) is 0. The number of sulfone groups is 1. The molecule has 2 aliphatic heterocycles. The molecule has 28 heavy (non-hydrogen) atoms. The van der Waals surface area contributed by atoms with E-state index < -0.39 is 9.84 Å². The monoisotopic (exact) mass is 394 g/mol. The third kappa shape index (κ3) is 2.79. The van der Waals surface area contributed by atoms with Gasteiger partial charge in [0.1, 0.15) is 5.75 Å². The maximum atomic E-state index is 12.2. The second kappa shape index (κ2) is 6.41. The zero-order valence-corrected chi connectivity index (χ0v) is 16.6. The van der Waals surface area contributed by atoms with Crippen LogP contribution in [0.2, 0.25) is 0 Å². The molecule has 3 aromatic rings. The van der Waals surface area contributed by atoms with Crippen molar-refractivity contribution >= 4 is 15.5 Å². The SMILES string of the molecule is COc1cc2c(cc1N1CCc3[nH]c(-c4ccccc4)cc3C1)CCS2(=O)=O. The van der Waals surface area contributed by atoms with Crippen molar-refractivity contribution in [2.45, 2.75) is 24.3 Å². The van der Waals surface area contributed by atoms with E-state index in [0.717, 1.165) is 36.5 Å². The molecule has 0 saturated carbocycles. The number of H-pyrrole nitrogens is 1. The maximum absolute atomic E-state index is 12.2. The van der Waals surface area contributed by atoms with Crippen LogP contribution in [0.3, 0.4) is 0 Å². The van der Waals surface area contributed by atoms with E-state index in [1.54, 1.807) is 13.2 Å². The number of nitrogens with one attached hydrogen (secondary N) is 1. The second-order valence-electron chi connectivity index (χ2n) is 7.43. The standard InChI is InChI=1S/C22H22N2O3S/c1-27-21-13-22-16(8-10-28(22,25)26)12-20(21)24-9-7-18-17(14-24)11-19(23-18)15-5-3-2-4-6-15/h2-6,11-13,23H,7-10,14H2,1H3. The molecular formula is C22H22N2O3S.